The van der Waals surface area contributed by atoms with Gasteiger partial charge in [-0.05, 0) is 72.5 Å². The van der Waals surface area contributed by atoms with Gasteiger partial charge in [0.05, 0.1) is 0 Å². The minimum Gasteiger partial charge on any atom is -0.264 e. The summed E-state index contributed by atoms with van der Waals surface area (Å²) in [6, 6.07) is 60.1. The van der Waals surface area contributed by atoms with E-state index in [1.807, 2.05) is 42.6 Å². The van der Waals surface area contributed by atoms with Crippen LogP contribution in [-0.2, 0) is 5.41 Å². The molecular weight excluding hydrogens is 669 g/mol. The predicted octanol–water partition coefficient (Wildman–Crippen LogP) is 12.7. The third-order valence-electron chi connectivity index (χ3n) is 11.1. The van der Waals surface area contributed by atoms with Crippen molar-refractivity contribution in [2.45, 2.75) is 19.3 Å². The van der Waals surface area contributed by atoms with E-state index in [4.69, 9.17) is 15.0 Å². The van der Waals surface area contributed by atoms with Gasteiger partial charge in [0.1, 0.15) is 0 Å². The lowest BCUT2D eigenvalue weighted by molar-refractivity contribution is 0.661. The third-order valence-corrected chi connectivity index (χ3v) is 11.1. The van der Waals surface area contributed by atoms with Crippen LogP contribution < -0.4 is 0 Å². The molecule has 0 radical (unpaired) electrons. The van der Waals surface area contributed by atoms with Crippen molar-refractivity contribution in [2.75, 3.05) is 0 Å². The Labute approximate surface area is 320 Å². The van der Waals surface area contributed by atoms with Crippen LogP contribution in [0.2, 0.25) is 0 Å². The van der Waals surface area contributed by atoms with Crippen LogP contribution in [-0.4, -0.2) is 19.9 Å². The van der Waals surface area contributed by atoms with Crippen molar-refractivity contribution in [2.24, 2.45) is 0 Å². The molecule has 260 valence electrons. The van der Waals surface area contributed by atoms with Gasteiger partial charge in [0.2, 0.25) is 0 Å². The zero-order valence-corrected chi connectivity index (χ0v) is 30.6. The minimum atomic E-state index is -0.0710. The van der Waals surface area contributed by atoms with Crippen LogP contribution in [0.3, 0.4) is 0 Å². The van der Waals surface area contributed by atoms with Gasteiger partial charge in [-0.2, -0.15) is 0 Å². The number of fused-ring (bicyclic) bond motifs is 5. The summed E-state index contributed by atoms with van der Waals surface area (Å²) < 4.78 is 0. The molecule has 4 heteroatoms. The summed E-state index contributed by atoms with van der Waals surface area (Å²) in [6.07, 6.45) is 3.66. The predicted molar refractivity (Wildman–Crippen MR) is 225 cm³/mol. The van der Waals surface area contributed by atoms with Crippen LogP contribution in [0, 0.1) is 0 Å². The van der Waals surface area contributed by atoms with E-state index in [2.05, 4.69) is 152 Å². The molecule has 7 aromatic carbocycles. The molecule has 0 N–H and O–H groups in total. The number of rotatable bonds is 6. The van der Waals surface area contributed by atoms with E-state index >= 15 is 0 Å². The standard InChI is InChI=1S/C51H36N4/c1-51(2)44-16-8-15-43(46(44)47-42-14-7-6-10-36(42)29-30-45(47)51)37-23-17-33(18-24-37)34-19-25-39(26-20-34)49-53-48(38-11-4-3-5-12-38)54-50(55-49)40-27-21-35(22-28-40)41-13-9-31-52-32-41/h3-32H,1-2H3. The normalized spacial score (nSPS) is 12.7. The second-order valence-electron chi connectivity index (χ2n) is 14.7. The molecule has 0 saturated heterocycles. The summed E-state index contributed by atoms with van der Waals surface area (Å²) in [6.45, 7) is 4.70. The van der Waals surface area contributed by atoms with Gasteiger partial charge >= 0.3 is 0 Å². The highest BCUT2D eigenvalue weighted by Crippen LogP contribution is 2.54. The summed E-state index contributed by atoms with van der Waals surface area (Å²) >= 11 is 0. The average Bonchev–Trinajstić information content (AvgIpc) is 3.50. The van der Waals surface area contributed by atoms with E-state index in [9.17, 15) is 0 Å². The molecule has 0 fully saturated rings. The van der Waals surface area contributed by atoms with E-state index in [-0.39, 0.29) is 5.41 Å². The Hall–Kier alpha value is -7.04. The average molecular weight is 705 g/mol. The van der Waals surface area contributed by atoms with Crippen LogP contribution in [0.1, 0.15) is 25.0 Å². The molecule has 10 rings (SSSR count). The van der Waals surface area contributed by atoms with Crippen molar-refractivity contribution in [3.05, 3.63) is 193 Å². The quantitative estimate of drug-likeness (QED) is 0.173. The van der Waals surface area contributed by atoms with Crippen molar-refractivity contribution < 1.29 is 0 Å². The summed E-state index contributed by atoms with van der Waals surface area (Å²) in [7, 11) is 0. The number of aromatic nitrogens is 4. The molecule has 55 heavy (non-hydrogen) atoms. The highest BCUT2D eigenvalue weighted by molar-refractivity contribution is 6.06. The molecule has 9 aromatic rings. The maximum atomic E-state index is 4.99. The van der Waals surface area contributed by atoms with Gasteiger partial charge in [0, 0.05) is 34.5 Å². The second-order valence-corrected chi connectivity index (χ2v) is 14.7. The Balaban J connectivity index is 0.981. The Morgan fingerprint density at radius 3 is 1.49 bits per heavy atom. The van der Waals surface area contributed by atoms with Gasteiger partial charge in [-0.1, -0.05) is 178 Å². The molecule has 2 heterocycles. The van der Waals surface area contributed by atoms with Crippen molar-refractivity contribution in [3.63, 3.8) is 0 Å². The van der Waals surface area contributed by atoms with Crippen LogP contribution in [0.15, 0.2) is 182 Å². The number of hydrogen-bond donors (Lipinski definition) is 0. The topological polar surface area (TPSA) is 51.6 Å². The zero-order valence-electron chi connectivity index (χ0n) is 30.6. The number of pyridine rings is 1. The maximum Gasteiger partial charge on any atom is 0.164 e. The molecule has 0 bridgehead atoms. The van der Waals surface area contributed by atoms with E-state index in [0.717, 1.165) is 38.9 Å². The Bertz CT molecular complexity index is 2840. The Kier molecular flexibility index (Phi) is 7.77. The van der Waals surface area contributed by atoms with Gasteiger partial charge < -0.3 is 0 Å². The van der Waals surface area contributed by atoms with Crippen LogP contribution in [0.4, 0.5) is 0 Å². The van der Waals surface area contributed by atoms with Gasteiger partial charge in [0.15, 0.2) is 17.5 Å². The summed E-state index contributed by atoms with van der Waals surface area (Å²) in [4.78, 5) is 19.1. The second kappa shape index (κ2) is 13.1. The molecule has 0 saturated carbocycles. The molecule has 0 aliphatic heterocycles. The summed E-state index contributed by atoms with van der Waals surface area (Å²) in [5.74, 6) is 1.91. The fourth-order valence-electron chi connectivity index (χ4n) is 8.14. The van der Waals surface area contributed by atoms with Crippen LogP contribution in [0.5, 0.6) is 0 Å². The lowest BCUT2D eigenvalue weighted by Gasteiger charge is -2.21. The van der Waals surface area contributed by atoms with Crippen molar-refractivity contribution in [3.8, 4) is 78.7 Å². The fraction of sp³-hybridized carbons (Fsp3) is 0.0588. The SMILES string of the molecule is CC1(C)c2cccc(-c3ccc(-c4ccc(-c5nc(-c6ccccc6)nc(-c6ccc(-c7cccnc7)cc6)n5)cc4)cc3)c2-c2c1ccc1ccccc21. The molecule has 0 spiro atoms. The lowest BCUT2D eigenvalue weighted by Crippen LogP contribution is -2.14. The summed E-state index contributed by atoms with van der Waals surface area (Å²) in [5.41, 5.74) is 15.2. The fourth-order valence-corrected chi connectivity index (χ4v) is 8.14. The third kappa shape index (κ3) is 5.71. The van der Waals surface area contributed by atoms with E-state index in [1.165, 1.54) is 44.2 Å². The zero-order chi connectivity index (χ0) is 36.9. The van der Waals surface area contributed by atoms with Crippen LogP contribution >= 0.6 is 0 Å². The summed E-state index contributed by atoms with van der Waals surface area (Å²) in [5, 5.41) is 2.59. The highest BCUT2D eigenvalue weighted by Gasteiger charge is 2.37. The highest BCUT2D eigenvalue weighted by atomic mass is 15.0. The molecular formula is C51H36N4. The molecule has 4 nitrogen and oxygen atoms in total. The van der Waals surface area contributed by atoms with E-state index in [0.29, 0.717) is 17.5 Å². The lowest BCUT2D eigenvalue weighted by atomic mass is 9.81. The largest absolute Gasteiger partial charge is 0.264 e. The number of benzene rings is 7. The number of nitrogens with zero attached hydrogens (tertiary/aromatic N) is 4. The van der Waals surface area contributed by atoms with Crippen molar-refractivity contribution in [1.29, 1.82) is 0 Å². The molecule has 0 atom stereocenters. The Morgan fingerprint density at radius 1 is 0.364 bits per heavy atom. The van der Waals surface area contributed by atoms with E-state index < -0.39 is 0 Å². The van der Waals surface area contributed by atoms with Crippen molar-refractivity contribution in [1.82, 2.24) is 19.9 Å². The van der Waals surface area contributed by atoms with Gasteiger partial charge in [-0.3, -0.25) is 4.98 Å². The Morgan fingerprint density at radius 2 is 0.873 bits per heavy atom. The van der Waals surface area contributed by atoms with Gasteiger partial charge in [-0.15, -0.1) is 0 Å². The molecule has 0 amide bonds. The molecule has 1 aliphatic carbocycles. The molecule has 1 aliphatic rings. The van der Waals surface area contributed by atoms with E-state index in [1.54, 1.807) is 6.20 Å². The first-order chi connectivity index (χ1) is 27.0. The first-order valence-electron chi connectivity index (χ1n) is 18.7. The monoisotopic (exact) mass is 704 g/mol. The maximum absolute atomic E-state index is 4.99. The van der Waals surface area contributed by atoms with Crippen LogP contribution in [0.25, 0.3) is 89.4 Å². The first-order valence-corrected chi connectivity index (χ1v) is 18.7. The first kappa shape index (κ1) is 32.6. The smallest absolute Gasteiger partial charge is 0.164 e. The molecule has 2 aromatic heterocycles. The van der Waals surface area contributed by atoms with Gasteiger partial charge in [0.25, 0.3) is 0 Å². The number of hydrogen-bond acceptors (Lipinski definition) is 4. The van der Waals surface area contributed by atoms with Gasteiger partial charge in [-0.25, -0.2) is 15.0 Å². The van der Waals surface area contributed by atoms with Crippen molar-refractivity contribution >= 4 is 10.8 Å². The minimum absolute atomic E-state index is 0.0710. The molecule has 0 unspecified atom stereocenters.